The maximum Gasteiger partial charge on any atom is 0.109 e. The zero-order valence-corrected chi connectivity index (χ0v) is 9.89. The Balaban J connectivity index is 2.03. The van der Waals surface area contributed by atoms with Crippen molar-refractivity contribution in [3.05, 3.63) is 18.2 Å². The molecule has 2 heterocycles. The molecule has 1 aromatic heterocycles. The van der Waals surface area contributed by atoms with Crippen LogP contribution in [0.15, 0.2) is 12.4 Å². The molecule has 3 N–H and O–H groups in total. The molecule has 1 fully saturated rings. The van der Waals surface area contributed by atoms with Crippen LogP contribution in [0.5, 0.6) is 0 Å². The highest BCUT2D eigenvalue weighted by Crippen LogP contribution is 2.25. The third-order valence-corrected chi connectivity index (χ3v) is 3.49. The molecule has 1 aliphatic heterocycles. The Labute approximate surface area is 96.0 Å². The topological polar surface area (TPSA) is 65.1 Å². The predicted molar refractivity (Wildman–Crippen MR) is 61.5 cm³/mol. The third kappa shape index (κ3) is 2.26. The number of nitrogens with zero attached hydrogens (tertiary/aromatic N) is 2. The smallest absolute Gasteiger partial charge is 0.109 e. The summed E-state index contributed by atoms with van der Waals surface area (Å²) in [4.78, 5) is 4.33. The molecule has 1 aromatic rings. The van der Waals surface area contributed by atoms with E-state index in [4.69, 9.17) is 10.6 Å². The van der Waals surface area contributed by atoms with Crippen LogP contribution in [0.25, 0.3) is 0 Å². The van der Waals surface area contributed by atoms with Gasteiger partial charge in [0.2, 0.25) is 0 Å². The second-order valence-corrected chi connectivity index (χ2v) is 4.46. The number of aryl methyl sites for hydroxylation is 1. The molecule has 90 valence electrons. The van der Waals surface area contributed by atoms with Crippen LogP contribution in [0.1, 0.15) is 19.2 Å². The van der Waals surface area contributed by atoms with E-state index < -0.39 is 0 Å². The molecule has 2 rings (SSSR count). The number of ether oxygens (including phenoxy) is 1. The summed E-state index contributed by atoms with van der Waals surface area (Å²) in [5.41, 5.74) is 2.91. The molecule has 0 spiro atoms. The SMILES string of the molecule is CC1OCCC1C(Cc1nccn1C)NN. The standard InChI is InChI=1S/C11H20N4O/c1-8-9(3-6-16-8)10(14-12)7-11-13-4-5-15(11)2/h4-5,8-10,14H,3,6-7,12H2,1-2H3. The van der Waals surface area contributed by atoms with E-state index >= 15 is 0 Å². The molecule has 0 amide bonds. The van der Waals surface area contributed by atoms with Crippen LogP contribution >= 0.6 is 0 Å². The van der Waals surface area contributed by atoms with Crippen molar-refractivity contribution >= 4 is 0 Å². The highest BCUT2D eigenvalue weighted by Gasteiger charge is 2.31. The van der Waals surface area contributed by atoms with Crippen molar-refractivity contribution in [2.75, 3.05) is 6.61 Å². The Kier molecular flexibility index (Phi) is 3.58. The molecule has 0 radical (unpaired) electrons. The first-order valence-corrected chi connectivity index (χ1v) is 5.76. The van der Waals surface area contributed by atoms with E-state index in [0.717, 1.165) is 25.3 Å². The van der Waals surface area contributed by atoms with Crippen LogP contribution in [0.4, 0.5) is 0 Å². The molecule has 1 aliphatic rings. The number of aromatic nitrogens is 2. The van der Waals surface area contributed by atoms with Crippen molar-refractivity contribution in [3.8, 4) is 0 Å². The fourth-order valence-electron chi connectivity index (χ4n) is 2.40. The summed E-state index contributed by atoms with van der Waals surface area (Å²) in [6.45, 7) is 2.95. The minimum Gasteiger partial charge on any atom is -0.378 e. The lowest BCUT2D eigenvalue weighted by Gasteiger charge is -2.24. The Morgan fingerprint density at radius 1 is 1.75 bits per heavy atom. The van der Waals surface area contributed by atoms with E-state index in [1.165, 1.54) is 0 Å². The molecule has 0 aliphatic carbocycles. The number of hydrogen-bond donors (Lipinski definition) is 2. The van der Waals surface area contributed by atoms with Gasteiger partial charge in [-0.3, -0.25) is 11.3 Å². The van der Waals surface area contributed by atoms with Gasteiger partial charge in [0.05, 0.1) is 6.10 Å². The molecule has 3 atom stereocenters. The van der Waals surface area contributed by atoms with E-state index in [1.54, 1.807) is 0 Å². The van der Waals surface area contributed by atoms with Gasteiger partial charge in [0.1, 0.15) is 5.82 Å². The van der Waals surface area contributed by atoms with Gasteiger partial charge in [0.15, 0.2) is 0 Å². The fourth-order valence-corrected chi connectivity index (χ4v) is 2.40. The van der Waals surface area contributed by atoms with Gasteiger partial charge >= 0.3 is 0 Å². The van der Waals surface area contributed by atoms with Gasteiger partial charge in [-0.1, -0.05) is 0 Å². The first-order valence-electron chi connectivity index (χ1n) is 5.76. The molecule has 3 unspecified atom stereocenters. The van der Waals surface area contributed by atoms with Crippen molar-refractivity contribution < 1.29 is 4.74 Å². The maximum absolute atomic E-state index is 5.64. The second kappa shape index (κ2) is 4.95. The molecule has 0 aromatic carbocycles. The van der Waals surface area contributed by atoms with Gasteiger partial charge in [0, 0.05) is 44.4 Å². The molecule has 0 bridgehead atoms. The monoisotopic (exact) mass is 224 g/mol. The summed E-state index contributed by atoms with van der Waals surface area (Å²) in [6, 6.07) is 0.235. The summed E-state index contributed by atoms with van der Waals surface area (Å²) >= 11 is 0. The molecule has 5 nitrogen and oxygen atoms in total. The Morgan fingerprint density at radius 2 is 2.56 bits per heavy atom. The largest absolute Gasteiger partial charge is 0.378 e. The van der Waals surface area contributed by atoms with E-state index in [0.29, 0.717) is 5.92 Å². The first-order chi connectivity index (χ1) is 7.72. The molecule has 1 saturated heterocycles. The lowest BCUT2D eigenvalue weighted by Crippen LogP contribution is -2.45. The maximum atomic E-state index is 5.64. The van der Waals surface area contributed by atoms with Crippen molar-refractivity contribution in [2.24, 2.45) is 18.8 Å². The van der Waals surface area contributed by atoms with E-state index in [1.807, 2.05) is 24.0 Å². The highest BCUT2D eigenvalue weighted by molar-refractivity contribution is 4.97. The van der Waals surface area contributed by atoms with Gasteiger partial charge in [-0.05, 0) is 13.3 Å². The van der Waals surface area contributed by atoms with Crippen LogP contribution in [-0.2, 0) is 18.2 Å². The number of hydrogen-bond acceptors (Lipinski definition) is 4. The number of hydrazine groups is 1. The zero-order chi connectivity index (χ0) is 11.5. The molecular formula is C11H20N4O. The van der Waals surface area contributed by atoms with Gasteiger partial charge < -0.3 is 9.30 Å². The van der Waals surface area contributed by atoms with E-state index in [-0.39, 0.29) is 12.1 Å². The lowest BCUT2D eigenvalue weighted by atomic mass is 9.91. The minimum absolute atomic E-state index is 0.235. The summed E-state index contributed by atoms with van der Waals surface area (Å²) in [5, 5.41) is 0. The minimum atomic E-state index is 0.235. The summed E-state index contributed by atoms with van der Waals surface area (Å²) < 4.78 is 7.61. The second-order valence-electron chi connectivity index (χ2n) is 4.46. The Morgan fingerprint density at radius 3 is 3.06 bits per heavy atom. The van der Waals surface area contributed by atoms with Gasteiger partial charge in [0.25, 0.3) is 0 Å². The first kappa shape index (κ1) is 11.6. The quantitative estimate of drug-likeness (QED) is 0.567. The normalized spacial score (nSPS) is 27.2. The molecule has 5 heteroatoms. The molecular weight excluding hydrogens is 204 g/mol. The number of rotatable bonds is 4. The van der Waals surface area contributed by atoms with Crippen LogP contribution in [0.3, 0.4) is 0 Å². The number of imidazole rings is 1. The number of nitrogens with one attached hydrogen (secondary N) is 1. The number of nitrogens with two attached hydrogens (primary N) is 1. The van der Waals surface area contributed by atoms with Crippen LogP contribution in [-0.4, -0.2) is 28.3 Å². The Hall–Kier alpha value is -0.910. The summed E-state index contributed by atoms with van der Waals surface area (Å²) in [7, 11) is 2.00. The predicted octanol–water partition coefficient (Wildman–Crippen LogP) is 0.220. The van der Waals surface area contributed by atoms with Gasteiger partial charge in [-0.25, -0.2) is 4.98 Å². The van der Waals surface area contributed by atoms with Crippen LogP contribution in [0, 0.1) is 5.92 Å². The average Bonchev–Trinajstić information content (AvgIpc) is 2.85. The van der Waals surface area contributed by atoms with Gasteiger partial charge in [-0.15, -0.1) is 0 Å². The fraction of sp³-hybridized carbons (Fsp3) is 0.727. The lowest BCUT2D eigenvalue weighted by molar-refractivity contribution is 0.0951. The van der Waals surface area contributed by atoms with Crippen molar-refractivity contribution in [1.29, 1.82) is 0 Å². The van der Waals surface area contributed by atoms with E-state index in [2.05, 4.69) is 17.3 Å². The van der Waals surface area contributed by atoms with Crippen LogP contribution < -0.4 is 11.3 Å². The molecule has 0 saturated carbocycles. The van der Waals surface area contributed by atoms with Crippen molar-refractivity contribution in [1.82, 2.24) is 15.0 Å². The van der Waals surface area contributed by atoms with E-state index in [9.17, 15) is 0 Å². The summed E-state index contributed by atoms with van der Waals surface area (Å²) in [5.74, 6) is 7.17. The highest BCUT2D eigenvalue weighted by atomic mass is 16.5. The van der Waals surface area contributed by atoms with Crippen molar-refractivity contribution in [3.63, 3.8) is 0 Å². The average molecular weight is 224 g/mol. The zero-order valence-electron chi connectivity index (χ0n) is 9.89. The Bertz CT molecular complexity index is 338. The third-order valence-electron chi connectivity index (χ3n) is 3.49. The van der Waals surface area contributed by atoms with Crippen molar-refractivity contribution in [2.45, 2.75) is 31.9 Å². The summed E-state index contributed by atoms with van der Waals surface area (Å²) in [6.07, 6.45) is 5.97. The molecule has 16 heavy (non-hydrogen) atoms. The van der Waals surface area contributed by atoms with Gasteiger partial charge in [-0.2, -0.15) is 0 Å². The van der Waals surface area contributed by atoms with Crippen LogP contribution in [0.2, 0.25) is 0 Å².